The van der Waals surface area contributed by atoms with Crippen LogP contribution in [0.15, 0.2) is 79.0 Å². The van der Waals surface area contributed by atoms with Gasteiger partial charge in [-0.05, 0) is 144 Å². The van der Waals surface area contributed by atoms with E-state index in [0.717, 1.165) is 65.8 Å². The Morgan fingerprint density at radius 1 is 0.962 bits per heavy atom. The first-order chi connectivity index (χ1) is 25.0. The lowest BCUT2D eigenvalue weighted by Gasteiger charge is -2.59. The molecule has 52 heavy (non-hydrogen) atoms. The van der Waals surface area contributed by atoms with Gasteiger partial charge in [-0.2, -0.15) is 0 Å². The molecule has 5 saturated carbocycles. The van der Waals surface area contributed by atoms with Gasteiger partial charge in [0.15, 0.2) is 11.5 Å². The van der Waals surface area contributed by atoms with Crippen LogP contribution in [0, 0.1) is 17.8 Å². The molecule has 10 heteroatoms. The van der Waals surface area contributed by atoms with E-state index in [1.54, 1.807) is 6.20 Å². The summed E-state index contributed by atoms with van der Waals surface area (Å²) in [7, 11) is 0. The number of aliphatic hydroxyl groups is 1. The third kappa shape index (κ3) is 5.77. The lowest BCUT2D eigenvalue weighted by Crippen LogP contribution is -2.63. The summed E-state index contributed by atoms with van der Waals surface area (Å²) >= 11 is 0. The molecular weight excluding hydrogens is 651 g/mol. The molecule has 5 aromatic rings. The molecule has 0 saturated heterocycles. The van der Waals surface area contributed by atoms with Crippen molar-refractivity contribution in [3.8, 4) is 28.3 Å². The van der Waals surface area contributed by atoms with Crippen LogP contribution < -0.4 is 16.4 Å². The Hall–Kier alpha value is -4.96. The van der Waals surface area contributed by atoms with Gasteiger partial charge in [-0.15, -0.1) is 0 Å². The lowest BCUT2D eigenvalue weighted by atomic mass is 9.52. The molecule has 5 aliphatic carbocycles. The molecule has 3 unspecified atom stereocenters. The van der Waals surface area contributed by atoms with Gasteiger partial charge in [-0.3, -0.25) is 4.57 Å². The molecule has 2 aromatic carbocycles. The molecule has 5 atom stereocenters. The predicted octanol–water partition coefficient (Wildman–Crippen LogP) is 7.99. The van der Waals surface area contributed by atoms with E-state index >= 15 is 0 Å². The molecule has 0 radical (unpaired) electrons. The van der Waals surface area contributed by atoms with Crippen LogP contribution in [-0.4, -0.2) is 48.0 Å². The summed E-state index contributed by atoms with van der Waals surface area (Å²) in [5.74, 6) is 2.89. The summed E-state index contributed by atoms with van der Waals surface area (Å²) in [6, 6.07) is 24.5. The predicted molar refractivity (Wildman–Crippen MR) is 203 cm³/mol. The van der Waals surface area contributed by atoms with Crippen LogP contribution in [0.2, 0.25) is 0 Å². The first kappa shape index (κ1) is 32.9. The normalized spacial score (nSPS) is 25.8. The van der Waals surface area contributed by atoms with Gasteiger partial charge in [0.1, 0.15) is 16.9 Å². The quantitative estimate of drug-likeness (QED) is 0.134. The van der Waals surface area contributed by atoms with Gasteiger partial charge in [0, 0.05) is 23.1 Å². The van der Waals surface area contributed by atoms with Gasteiger partial charge < -0.3 is 26.2 Å². The van der Waals surface area contributed by atoms with Crippen LogP contribution >= 0.6 is 0 Å². The van der Waals surface area contributed by atoms with Crippen molar-refractivity contribution in [1.29, 1.82) is 0 Å². The Labute approximate surface area is 304 Å². The molecule has 1 amide bonds. The maximum Gasteiger partial charge on any atom is 0.408 e. The second-order valence-corrected chi connectivity index (χ2v) is 16.8. The summed E-state index contributed by atoms with van der Waals surface area (Å²) in [6.07, 6.45) is 9.52. The minimum atomic E-state index is -0.626. The molecule has 268 valence electrons. The molecule has 5 aliphatic rings. The number of carbonyl (C=O) groups excluding carboxylic acids is 1. The van der Waals surface area contributed by atoms with Gasteiger partial charge in [-0.25, -0.2) is 19.7 Å². The van der Waals surface area contributed by atoms with Gasteiger partial charge >= 0.3 is 6.09 Å². The fourth-order valence-electron chi connectivity index (χ4n) is 9.79. The van der Waals surface area contributed by atoms with Crippen molar-refractivity contribution in [3.63, 3.8) is 0 Å². The molecule has 5 fully saturated rings. The average Bonchev–Trinajstić information content (AvgIpc) is 3.46. The second kappa shape index (κ2) is 12.0. The number of aromatic nitrogens is 4. The molecule has 4 bridgehead atoms. The highest BCUT2D eigenvalue weighted by Gasteiger charge is 2.56. The number of nitrogens with zero attached hydrogens (tertiary/aromatic N) is 4. The Balaban J connectivity index is 1.07. The lowest BCUT2D eigenvalue weighted by molar-refractivity contribution is -0.133. The van der Waals surface area contributed by atoms with Crippen molar-refractivity contribution in [3.05, 3.63) is 84.6 Å². The zero-order chi connectivity index (χ0) is 35.8. The Morgan fingerprint density at radius 2 is 1.73 bits per heavy atom. The molecule has 10 nitrogen and oxygen atoms in total. The highest BCUT2D eigenvalue weighted by atomic mass is 16.6. The smallest absolute Gasteiger partial charge is 0.408 e. The molecule has 0 spiro atoms. The number of nitrogen functional groups attached to an aromatic ring is 1. The van der Waals surface area contributed by atoms with E-state index in [-0.39, 0.29) is 6.04 Å². The number of ether oxygens (including phenoxy) is 1. The minimum absolute atomic E-state index is 0.0706. The third-order valence-electron chi connectivity index (χ3n) is 12.0. The number of imidazole rings is 1. The van der Waals surface area contributed by atoms with Crippen molar-refractivity contribution in [2.45, 2.75) is 94.9 Å². The van der Waals surface area contributed by atoms with Crippen molar-refractivity contribution < 1.29 is 14.6 Å². The fourth-order valence-corrected chi connectivity index (χ4v) is 9.79. The molecule has 3 aromatic heterocycles. The highest BCUT2D eigenvalue weighted by Crippen LogP contribution is 2.56. The van der Waals surface area contributed by atoms with Crippen LogP contribution in [0.4, 0.5) is 16.3 Å². The van der Waals surface area contributed by atoms with Crippen molar-refractivity contribution in [2.75, 3.05) is 11.1 Å². The number of nitrogens with two attached hydrogens (primary N) is 1. The molecule has 5 N–H and O–H groups in total. The first-order valence-electron chi connectivity index (χ1n) is 18.8. The van der Waals surface area contributed by atoms with E-state index in [1.807, 2.05) is 49.6 Å². The Kier molecular flexibility index (Phi) is 7.63. The van der Waals surface area contributed by atoms with Crippen LogP contribution in [-0.2, 0) is 10.3 Å². The van der Waals surface area contributed by atoms with Crippen LogP contribution in [0.5, 0.6) is 0 Å². The maximum atomic E-state index is 12.8. The number of fused-ring (bicyclic) bond motifs is 1. The first-order valence-corrected chi connectivity index (χ1v) is 18.8. The number of anilines is 2. The van der Waals surface area contributed by atoms with Crippen molar-refractivity contribution in [1.82, 2.24) is 24.8 Å². The number of carbonyl (C=O) groups is 1. The molecule has 0 aliphatic heterocycles. The highest BCUT2D eigenvalue weighted by molar-refractivity contribution is 5.85. The van der Waals surface area contributed by atoms with Gasteiger partial charge in [-0.1, -0.05) is 24.3 Å². The fraction of sp³-hybridized carbons (Fsp3) is 0.429. The zero-order valence-electron chi connectivity index (χ0n) is 30.1. The van der Waals surface area contributed by atoms with Crippen LogP contribution in [0.3, 0.4) is 0 Å². The van der Waals surface area contributed by atoms with E-state index in [2.05, 4.69) is 64.1 Å². The Morgan fingerprint density at radius 3 is 2.40 bits per heavy atom. The number of rotatable bonds is 7. The van der Waals surface area contributed by atoms with Gasteiger partial charge in [0.25, 0.3) is 0 Å². The maximum absolute atomic E-state index is 12.8. The number of hydrogen-bond acceptors (Lipinski definition) is 8. The molecule has 3 heterocycles. The number of alkyl carbamates (subject to hydrolysis) is 1. The number of hydrogen-bond donors (Lipinski definition) is 4. The number of nitrogens with one attached hydrogen (secondary N) is 2. The third-order valence-corrected chi connectivity index (χ3v) is 12.0. The molecular formula is C42H47N7O3. The topological polar surface area (TPSA) is 140 Å². The molecule has 10 rings (SSSR count). The number of benzene rings is 2. The average molecular weight is 698 g/mol. The monoisotopic (exact) mass is 697 g/mol. The summed E-state index contributed by atoms with van der Waals surface area (Å²) in [6.45, 7) is 5.62. The SMILES string of the molecule is CC(C)(C)OC(=O)NC1(c2ccc(-n3c(-c4cccnc4N)nc4ccc(-c5cccc(NC6C7CC8C[C@@H](C7)C[C@@]6(O)C8)c5)nc43)cc2)CCC1. The van der Waals surface area contributed by atoms with E-state index in [9.17, 15) is 9.90 Å². The van der Waals surface area contributed by atoms with Gasteiger partial charge in [0.2, 0.25) is 0 Å². The number of pyridine rings is 2. The summed E-state index contributed by atoms with van der Waals surface area (Å²) in [5, 5.41) is 18.7. The number of amides is 1. The minimum Gasteiger partial charge on any atom is -0.444 e. The second-order valence-electron chi connectivity index (χ2n) is 16.8. The standard InChI is InChI=1S/C42H47N7O3/c1-40(2,3)52-39(50)48-41(16-6-17-41)29-10-12-31(13-11-29)49-37(32-9-5-18-44-36(32)43)47-34-15-14-33(46-38(34)49)27-7-4-8-30(22-27)45-35-28-20-25-19-26(21-28)24-42(35,51)23-25/h4-5,7-15,18,22,25-26,28,35,45,51H,6,16-17,19-21,23-24H2,1-3H3,(H2,43,44)(H,48,50)/t25-,26?,28?,35?,42+/m0/s1. The van der Waals surface area contributed by atoms with E-state index in [4.69, 9.17) is 20.4 Å². The van der Waals surface area contributed by atoms with E-state index in [1.165, 1.54) is 19.3 Å². The Bertz CT molecular complexity index is 2150. The largest absolute Gasteiger partial charge is 0.444 e. The van der Waals surface area contributed by atoms with E-state index in [0.29, 0.717) is 40.6 Å². The van der Waals surface area contributed by atoms with Gasteiger partial charge in [0.05, 0.1) is 28.4 Å². The van der Waals surface area contributed by atoms with Crippen LogP contribution in [0.25, 0.3) is 39.5 Å². The summed E-state index contributed by atoms with van der Waals surface area (Å²) in [5.41, 5.74) is 11.6. The van der Waals surface area contributed by atoms with Crippen LogP contribution in [0.1, 0.15) is 77.7 Å². The van der Waals surface area contributed by atoms with Crippen molar-refractivity contribution in [2.24, 2.45) is 17.8 Å². The summed E-state index contributed by atoms with van der Waals surface area (Å²) in [4.78, 5) is 27.5. The van der Waals surface area contributed by atoms with E-state index < -0.39 is 22.8 Å². The summed E-state index contributed by atoms with van der Waals surface area (Å²) < 4.78 is 7.65. The van der Waals surface area contributed by atoms with Crippen molar-refractivity contribution >= 4 is 28.8 Å². The zero-order valence-corrected chi connectivity index (χ0v) is 30.1.